The predicted octanol–water partition coefficient (Wildman–Crippen LogP) is 5.14. The molecule has 3 aromatic carbocycles. The standard InChI is InChI=1S/C30H32N4O3S/c1-3-9-27-31-32-28(20-33(2)29(35)26(38)18-21-10-5-4-6-11-21)34(27)19-22-14-16-23(17-15-22)24-12-7-8-13-25(24)30(36)37/h4-8,10-17,26,38H,3,9,18-20H2,1-2H3,(H,36,37). The van der Waals surface area contributed by atoms with Gasteiger partial charge in [0.1, 0.15) is 5.82 Å². The number of aromatic nitrogens is 3. The Hall–Kier alpha value is -3.91. The third-order valence-corrected chi connectivity index (χ3v) is 6.86. The van der Waals surface area contributed by atoms with Gasteiger partial charge in [-0.05, 0) is 41.2 Å². The minimum Gasteiger partial charge on any atom is -0.478 e. The highest BCUT2D eigenvalue weighted by Crippen LogP contribution is 2.25. The number of benzene rings is 3. The van der Waals surface area contributed by atoms with Crippen LogP contribution < -0.4 is 0 Å². The van der Waals surface area contributed by atoms with Crippen LogP contribution in [0.4, 0.5) is 0 Å². The maximum atomic E-state index is 13.1. The quantitative estimate of drug-likeness (QED) is 0.263. The van der Waals surface area contributed by atoms with E-state index in [0.717, 1.165) is 35.4 Å². The molecule has 0 bridgehead atoms. The summed E-state index contributed by atoms with van der Waals surface area (Å²) in [5, 5.41) is 17.9. The Balaban J connectivity index is 1.50. The largest absolute Gasteiger partial charge is 0.478 e. The van der Waals surface area contributed by atoms with Crippen molar-refractivity contribution in [2.45, 2.75) is 44.5 Å². The minimum atomic E-state index is -0.950. The van der Waals surface area contributed by atoms with Crippen molar-refractivity contribution in [3.8, 4) is 11.1 Å². The fourth-order valence-corrected chi connectivity index (χ4v) is 4.85. The molecule has 1 unspecified atom stereocenters. The van der Waals surface area contributed by atoms with Gasteiger partial charge in [-0.25, -0.2) is 4.79 Å². The molecule has 38 heavy (non-hydrogen) atoms. The average Bonchev–Trinajstić information content (AvgIpc) is 3.29. The van der Waals surface area contributed by atoms with Crippen molar-refractivity contribution in [2.24, 2.45) is 0 Å². The normalized spacial score (nSPS) is 11.8. The molecule has 0 saturated carbocycles. The van der Waals surface area contributed by atoms with E-state index in [1.165, 1.54) is 0 Å². The minimum absolute atomic E-state index is 0.0646. The fourth-order valence-electron chi connectivity index (χ4n) is 4.44. The van der Waals surface area contributed by atoms with E-state index in [1.54, 1.807) is 24.1 Å². The Morgan fingerprint density at radius 1 is 0.921 bits per heavy atom. The van der Waals surface area contributed by atoms with Crippen molar-refractivity contribution < 1.29 is 14.7 Å². The molecule has 0 fully saturated rings. The van der Waals surface area contributed by atoms with E-state index >= 15 is 0 Å². The van der Waals surface area contributed by atoms with Crippen molar-refractivity contribution in [3.63, 3.8) is 0 Å². The molecule has 7 nitrogen and oxygen atoms in total. The maximum Gasteiger partial charge on any atom is 0.336 e. The highest BCUT2D eigenvalue weighted by molar-refractivity contribution is 7.81. The van der Waals surface area contributed by atoms with Crippen LogP contribution in [0, 0.1) is 0 Å². The van der Waals surface area contributed by atoms with Crippen LogP contribution >= 0.6 is 12.6 Å². The van der Waals surface area contributed by atoms with Gasteiger partial charge in [-0.2, -0.15) is 12.6 Å². The number of nitrogens with zero attached hydrogens (tertiary/aromatic N) is 4. The molecule has 0 saturated heterocycles. The zero-order chi connectivity index (χ0) is 27.1. The molecule has 1 heterocycles. The monoisotopic (exact) mass is 528 g/mol. The van der Waals surface area contributed by atoms with Crippen LogP contribution in [0.3, 0.4) is 0 Å². The lowest BCUT2D eigenvalue weighted by molar-refractivity contribution is -0.129. The summed E-state index contributed by atoms with van der Waals surface area (Å²) in [6.07, 6.45) is 2.25. The third-order valence-electron chi connectivity index (χ3n) is 6.45. The molecular formula is C30H32N4O3S. The summed E-state index contributed by atoms with van der Waals surface area (Å²) >= 11 is 4.58. The van der Waals surface area contributed by atoms with E-state index in [0.29, 0.717) is 30.9 Å². The molecule has 8 heteroatoms. The number of hydrogen-bond donors (Lipinski definition) is 2. The first-order chi connectivity index (χ1) is 18.4. The van der Waals surface area contributed by atoms with Gasteiger partial charge in [-0.1, -0.05) is 79.7 Å². The molecule has 1 aromatic heterocycles. The summed E-state index contributed by atoms with van der Waals surface area (Å²) in [4.78, 5) is 26.3. The van der Waals surface area contributed by atoms with Gasteiger partial charge in [0.15, 0.2) is 5.82 Å². The number of carboxylic acid groups (broad SMARTS) is 1. The number of carbonyl (C=O) groups excluding carboxylic acids is 1. The number of aryl methyl sites for hydroxylation is 1. The van der Waals surface area contributed by atoms with Crippen LogP contribution in [0.15, 0.2) is 78.9 Å². The smallest absolute Gasteiger partial charge is 0.336 e. The second kappa shape index (κ2) is 12.6. The number of rotatable bonds is 11. The summed E-state index contributed by atoms with van der Waals surface area (Å²) in [6.45, 7) is 2.97. The molecule has 0 spiro atoms. The van der Waals surface area contributed by atoms with Gasteiger partial charge in [-0.15, -0.1) is 10.2 Å². The summed E-state index contributed by atoms with van der Waals surface area (Å²) < 4.78 is 2.07. The Morgan fingerprint density at radius 3 is 2.26 bits per heavy atom. The van der Waals surface area contributed by atoms with Crippen LogP contribution in [0.25, 0.3) is 11.1 Å². The molecule has 1 N–H and O–H groups in total. The Bertz CT molecular complexity index is 1390. The highest BCUT2D eigenvalue weighted by atomic mass is 32.1. The van der Waals surface area contributed by atoms with Crippen LogP contribution in [0.2, 0.25) is 0 Å². The first-order valence-electron chi connectivity index (χ1n) is 12.7. The lowest BCUT2D eigenvalue weighted by atomic mass is 9.99. The van der Waals surface area contributed by atoms with Gasteiger partial charge < -0.3 is 14.6 Å². The van der Waals surface area contributed by atoms with E-state index in [2.05, 4.69) is 34.3 Å². The molecule has 0 aliphatic rings. The Morgan fingerprint density at radius 2 is 1.58 bits per heavy atom. The topological polar surface area (TPSA) is 88.3 Å². The lowest BCUT2D eigenvalue weighted by Gasteiger charge is -2.21. The number of carbonyl (C=O) groups is 2. The zero-order valence-corrected chi connectivity index (χ0v) is 22.5. The van der Waals surface area contributed by atoms with E-state index in [-0.39, 0.29) is 11.5 Å². The highest BCUT2D eigenvalue weighted by Gasteiger charge is 2.22. The van der Waals surface area contributed by atoms with E-state index in [1.807, 2.05) is 66.7 Å². The number of carboxylic acids is 1. The molecule has 1 atom stereocenters. The van der Waals surface area contributed by atoms with Gasteiger partial charge >= 0.3 is 5.97 Å². The van der Waals surface area contributed by atoms with Crippen LogP contribution in [0.1, 0.15) is 46.5 Å². The first-order valence-corrected chi connectivity index (χ1v) is 13.2. The van der Waals surface area contributed by atoms with Crippen molar-refractivity contribution in [2.75, 3.05) is 7.05 Å². The van der Waals surface area contributed by atoms with Crippen molar-refractivity contribution in [3.05, 3.63) is 107 Å². The van der Waals surface area contributed by atoms with Gasteiger partial charge in [-0.3, -0.25) is 4.79 Å². The summed E-state index contributed by atoms with van der Waals surface area (Å²) in [5.74, 6) is 0.569. The first kappa shape index (κ1) is 27.1. The molecule has 0 aliphatic heterocycles. The van der Waals surface area contributed by atoms with Gasteiger partial charge in [0.05, 0.1) is 23.9 Å². The third kappa shape index (κ3) is 6.50. The summed E-state index contributed by atoms with van der Waals surface area (Å²) in [6, 6.07) is 24.7. The molecule has 196 valence electrons. The number of thiol groups is 1. The van der Waals surface area contributed by atoms with Gasteiger partial charge in [0, 0.05) is 13.5 Å². The summed E-state index contributed by atoms with van der Waals surface area (Å²) in [5.41, 5.74) is 3.89. The van der Waals surface area contributed by atoms with Crippen LogP contribution in [-0.2, 0) is 30.7 Å². The van der Waals surface area contributed by atoms with Crippen molar-refractivity contribution in [1.82, 2.24) is 19.7 Å². The molecular weight excluding hydrogens is 496 g/mol. The lowest BCUT2D eigenvalue weighted by Crippen LogP contribution is -2.35. The van der Waals surface area contributed by atoms with Gasteiger partial charge in [0.25, 0.3) is 0 Å². The molecule has 4 rings (SSSR count). The zero-order valence-electron chi connectivity index (χ0n) is 21.6. The SMILES string of the molecule is CCCc1nnc(CN(C)C(=O)C(S)Cc2ccccc2)n1Cc1ccc(-c2ccccc2C(=O)O)cc1. The second-order valence-electron chi connectivity index (χ2n) is 9.32. The molecule has 0 aliphatic carbocycles. The molecule has 0 radical (unpaired) electrons. The van der Waals surface area contributed by atoms with Crippen LogP contribution in [0.5, 0.6) is 0 Å². The van der Waals surface area contributed by atoms with Gasteiger partial charge in [0.2, 0.25) is 5.91 Å². The predicted molar refractivity (Wildman–Crippen MR) is 151 cm³/mol. The number of amides is 1. The maximum absolute atomic E-state index is 13.1. The van der Waals surface area contributed by atoms with Crippen LogP contribution in [-0.4, -0.2) is 48.9 Å². The molecule has 1 amide bonds. The Labute approximate surface area is 228 Å². The van der Waals surface area contributed by atoms with E-state index in [4.69, 9.17) is 0 Å². The van der Waals surface area contributed by atoms with E-state index < -0.39 is 11.2 Å². The number of aromatic carboxylic acids is 1. The van der Waals surface area contributed by atoms with Crippen molar-refractivity contribution in [1.29, 1.82) is 0 Å². The average molecular weight is 529 g/mol. The van der Waals surface area contributed by atoms with E-state index in [9.17, 15) is 14.7 Å². The van der Waals surface area contributed by atoms with Crippen molar-refractivity contribution >= 4 is 24.5 Å². The molecule has 4 aromatic rings. The second-order valence-corrected chi connectivity index (χ2v) is 9.94. The summed E-state index contributed by atoms with van der Waals surface area (Å²) in [7, 11) is 1.77. The number of hydrogen-bond acceptors (Lipinski definition) is 5. The Kier molecular flexibility index (Phi) is 8.97. The fraction of sp³-hybridized carbons (Fsp3) is 0.267.